The lowest BCUT2D eigenvalue weighted by atomic mass is 10.3. The first-order chi connectivity index (χ1) is 8.79. The summed E-state index contributed by atoms with van der Waals surface area (Å²) >= 11 is 4.81. The number of nitrogens with one attached hydrogen (secondary N) is 1. The smallest absolute Gasteiger partial charge is 0.175 e. The lowest BCUT2D eigenvalue weighted by Gasteiger charge is -2.05. The number of anilines is 1. The van der Waals surface area contributed by atoms with Crippen molar-refractivity contribution in [3.05, 3.63) is 30.1 Å². The number of hydrogen-bond acceptors (Lipinski definition) is 6. The minimum atomic E-state index is -0.219. The largest absolute Gasteiger partial charge is 0.382 e. The minimum Gasteiger partial charge on any atom is -0.382 e. The van der Waals surface area contributed by atoms with E-state index >= 15 is 0 Å². The summed E-state index contributed by atoms with van der Waals surface area (Å²) in [5.74, 6) is 0.611. The highest BCUT2D eigenvalue weighted by molar-refractivity contribution is 8.02. The van der Waals surface area contributed by atoms with Gasteiger partial charge in [0.15, 0.2) is 8.68 Å². The van der Waals surface area contributed by atoms with Crippen LogP contribution in [0.5, 0.6) is 0 Å². The van der Waals surface area contributed by atoms with Crippen molar-refractivity contribution in [2.75, 3.05) is 23.9 Å². The average molecular weight is 301 g/mol. The quantitative estimate of drug-likeness (QED) is 0.652. The third-order valence-corrected chi connectivity index (χ3v) is 5.11. The van der Waals surface area contributed by atoms with E-state index in [1.54, 1.807) is 47.0 Å². The van der Waals surface area contributed by atoms with Crippen LogP contribution >= 0.6 is 34.9 Å². The Hall–Kier alpha value is -0.790. The van der Waals surface area contributed by atoms with E-state index in [9.17, 15) is 4.39 Å². The Labute approximate surface area is 118 Å². The molecule has 96 valence electrons. The Bertz CT molecular complexity index is 504. The summed E-state index contributed by atoms with van der Waals surface area (Å²) in [4.78, 5) is 0. The van der Waals surface area contributed by atoms with Crippen molar-refractivity contribution in [1.29, 1.82) is 0 Å². The van der Waals surface area contributed by atoms with Gasteiger partial charge in [0, 0.05) is 12.3 Å². The van der Waals surface area contributed by atoms with E-state index in [0.29, 0.717) is 12.2 Å². The predicted molar refractivity (Wildman–Crippen MR) is 77.3 cm³/mol. The second kappa shape index (κ2) is 6.96. The molecule has 3 nitrogen and oxygen atoms in total. The summed E-state index contributed by atoms with van der Waals surface area (Å²) in [5, 5.41) is 11.1. The van der Waals surface area contributed by atoms with Crippen LogP contribution in [0.15, 0.2) is 32.9 Å². The molecule has 2 aromatic rings. The molecule has 0 fully saturated rings. The van der Waals surface area contributed by atoms with Gasteiger partial charge in [-0.3, -0.25) is 0 Å². The SMILES string of the molecule is CSc1nnc(SCCNc2ccccc2F)s1. The van der Waals surface area contributed by atoms with Crippen LogP contribution < -0.4 is 5.32 Å². The summed E-state index contributed by atoms with van der Waals surface area (Å²) in [6.07, 6.45) is 1.98. The van der Waals surface area contributed by atoms with E-state index in [4.69, 9.17) is 0 Å². The number of benzene rings is 1. The van der Waals surface area contributed by atoms with E-state index in [1.165, 1.54) is 6.07 Å². The molecule has 18 heavy (non-hydrogen) atoms. The molecule has 0 aliphatic rings. The number of aromatic nitrogens is 2. The van der Waals surface area contributed by atoms with Gasteiger partial charge >= 0.3 is 0 Å². The number of rotatable bonds is 6. The lowest BCUT2D eigenvalue weighted by molar-refractivity contribution is 0.630. The molecule has 7 heteroatoms. The third-order valence-electron chi connectivity index (χ3n) is 2.08. The highest BCUT2D eigenvalue weighted by Gasteiger charge is 2.03. The fourth-order valence-corrected chi connectivity index (χ4v) is 3.63. The Kier molecular flexibility index (Phi) is 5.27. The second-order valence-electron chi connectivity index (χ2n) is 3.29. The van der Waals surface area contributed by atoms with Crippen LogP contribution in [0.2, 0.25) is 0 Å². The molecule has 0 amide bonds. The summed E-state index contributed by atoms with van der Waals surface area (Å²) in [7, 11) is 0. The van der Waals surface area contributed by atoms with E-state index in [1.807, 2.05) is 12.3 Å². The first-order valence-electron chi connectivity index (χ1n) is 5.28. The highest BCUT2D eigenvalue weighted by atomic mass is 32.2. The van der Waals surface area contributed by atoms with Crippen LogP contribution in [0.3, 0.4) is 0 Å². The van der Waals surface area contributed by atoms with Crippen LogP contribution in [0.25, 0.3) is 0 Å². The normalized spacial score (nSPS) is 10.6. The van der Waals surface area contributed by atoms with Crippen molar-refractivity contribution in [3.8, 4) is 0 Å². The molecular formula is C11H12FN3S3. The van der Waals surface area contributed by atoms with E-state index in [-0.39, 0.29) is 5.82 Å². The average Bonchev–Trinajstić information content (AvgIpc) is 2.84. The summed E-state index contributed by atoms with van der Waals surface area (Å²) in [6.45, 7) is 0.694. The Morgan fingerprint density at radius 2 is 2.06 bits per heavy atom. The van der Waals surface area contributed by atoms with Gasteiger partial charge in [-0.05, 0) is 18.4 Å². The van der Waals surface area contributed by atoms with Crippen molar-refractivity contribution in [1.82, 2.24) is 10.2 Å². The Morgan fingerprint density at radius 1 is 1.28 bits per heavy atom. The molecule has 0 bridgehead atoms. The number of para-hydroxylation sites is 1. The van der Waals surface area contributed by atoms with Gasteiger partial charge in [0.05, 0.1) is 5.69 Å². The van der Waals surface area contributed by atoms with Crippen molar-refractivity contribution < 1.29 is 4.39 Å². The first-order valence-corrected chi connectivity index (χ1v) is 8.31. The minimum absolute atomic E-state index is 0.219. The molecule has 0 spiro atoms. The van der Waals surface area contributed by atoms with Crippen LogP contribution in [0.1, 0.15) is 0 Å². The maximum atomic E-state index is 13.3. The molecule has 1 heterocycles. The Morgan fingerprint density at radius 3 is 2.78 bits per heavy atom. The molecule has 0 unspecified atom stereocenters. The van der Waals surface area contributed by atoms with Crippen molar-refractivity contribution in [2.45, 2.75) is 8.68 Å². The van der Waals surface area contributed by atoms with E-state index in [2.05, 4.69) is 15.5 Å². The maximum Gasteiger partial charge on any atom is 0.175 e. The van der Waals surface area contributed by atoms with Crippen LogP contribution in [-0.4, -0.2) is 28.8 Å². The van der Waals surface area contributed by atoms with Crippen molar-refractivity contribution >= 4 is 40.5 Å². The summed E-state index contributed by atoms with van der Waals surface area (Å²) in [5.41, 5.74) is 0.542. The fourth-order valence-electron chi connectivity index (χ4n) is 1.27. The van der Waals surface area contributed by atoms with Gasteiger partial charge in [0.25, 0.3) is 0 Å². The van der Waals surface area contributed by atoms with Gasteiger partial charge < -0.3 is 5.32 Å². The van der Waals surface area contributed by atoms with Gasteiger partial charge in [-0.25, -0.2) is 4.39 Å². The molecule has 0 saturated carbocycles. The first kappa shape index (κ1) is 13.6. The third kappa shape index (κ3) is 3.86. The highest BCUT2D eigenvalue weighted by Crippen LogP contribution is 2.27. The number of nitrogens with zero attached hydrogens (tertiary/aromatic N) is 2. The zero-order valence-electron chi connectivity index (χ0n) is 9.72. The standard InChI is InChI=1S/C11H12FN3S3/c1-16-10-14-15-11(18-10)17-7-6-13-9-5-3-2-4-8(9)12/h2-5,13H,6-7H2,1H3. The van der Waals surface area contributed by atoms with Crippen molar-refractivity contribution in [2.24, 2.45) is 0 Å². The van der Waals surface area contributed by atoms with Gasteiger partial charge in [0.1, 0.15) is 5.82 Å². The summed E-state index contributed by atoms with van der Waals surface area (Å²) < 4.78 is 15.2. The number of thioether (sulfide) groups is 2. The maximum absolute atomic E-state index is 13.3. The zero-order valence-corrected chi connectivity index (χ0v) is 12.2. The molecule has 2 rings (SSSR count). The molecule has 0 atom stereocenters. The van der Waals surface area contributed by atoms with Gasteiger partial charge in [-0.2, -0.15) is 0 Å². The monoisotopic (exact) mass is 301 g/mol. The van der Waals surface area contributed by atoms with Gasteiger partial charge in [-0.1, -0.05) is 47.0 Å². The molecule has 0 aliphatic carbocycles. The van der Waals surface area contributed by atoms with Gasteiger partial charge in [-0.15, -0.1) is 10.2 Å². The predicted octanol–water partition coefficient (Wildman–Crippen LogP) is 3.60. The van der Waals surface area contributed by atoms with Crippen LogP contribution in [0, 0.1) is 5.82 Å². The fraction of sp³-hybridized carbons (Fsp3) is 0.273. The second-order valence-corrected chi connectivity index (χ2v) is 6.67. The molecule has 0 aliphatic heterocycles. The van der Waals surface area contributed by atoms with E-state index < -0.39 is 0 Å². The van der Waals surface area contributed by atoms with E-state index in [0.717, 1.165) is 14.4 Å². The van der Waals surface area contributed by atoms with Crippen LogP contribution in [-0.2, 0) is 0 Å². The molecule has 0 saturated heterocycles. The summed E-state index contributed by atoms with van der Waals surface area (Å²) in [6, 6.07) is 6.68. The number of hydrogen-bond donors (Lipinski definition) is 1. The topological polar surface area (TPSA) is 37.8 Å². The van der Waals surface area contributed by atoms with Gasteiger partial charge in [0.2, 0.25) is 0 Å². The van der Waals surface area contributed by atoms with Crippen molar-refractivity contribution in [3.63, 3.8) is 0 Å². The molecule has 0 radical (unpaired) electrons. The molecular weight excluding hydrogens is 289 g/mol. The molecule has 1 aromatic carbocycles. The van der Waals surface area contributed by atoms with Crippen LogP contribution in [0.4, 0.5) is 10.1 Å². The molecule has 1 N–H and O–H groups in total. The Balaban J connectivity index is 1.74. The zero-order chi connectivity index (χ0) is 12.8. The molecule has 1 aromatic heterocycles. The number of halogens is 1. The lowest BCUT2D eigenvalue weighted by Crippen LogP contribution is -2.05.